The van der Waals surface area contributed by atoms with Gasteiger partial charge in [0.2, 0.25) is 0 Å². The van der Waals surface area contributed by atoms with E-state index in [0.29, 0.717) is 11.6 Å². The Morgan fingerprint density at radius 1 is 1.44 bits per heavy atom. The predicted molar refractivity (Wildman–Crippen MR) is 52.8 cm³/mol. The molecule has 0 amide bonds. The number of ether oxygens (including phenoxy) is 1. The van der Waals surface area contributed by atoms with Crippen molar-refractivity contribution in [2.45, 2.75) is 19.0 Å². The van der Waals surface area contributed by atoms with Crippen LogP contribution in [0.25, 0.3) is 0 Å². The number of pyridine rings is 1. The maximum atomic E-state index is 11.8. The van der Waals surface area contributed by atoms with E-state index < -0.39 is 12.6 Å². The summed E-state index contributed by atoms with van der Waals surface area (Å²) in [5, 5.41) is 0. The van der Waals surface area contributed by atoms with E-state index in [-0.39, 0.29) is 13.0 Å². The number of nitrogen functional groups attached to an aromatic ring is 1. The van der Waals surface area contributed by atoms with Crippen LogP contribution in [0, 0.1) is 0 Å². The van der Waals surface area contributed by atoms with Gasteiger partial charge in [-0.2, -0.15) is 13.2 Å². The van der Waals surface area contributed by atoms with Crippen molar-refractivity contribution in [3.05, 3.63) is 18.3 Å². The monoisotopic (exact) mass is 235 g/mol. The van der Waals surface area contributed by atoms with Gasteiger partial charge in [-0.15, -0.1) is 0 Å². The number of aromatic nitrogens is 1. The van der Waals surface area contributed by atoms with Gasteiger partial charge in [0.05, 0.1) is 6.61 Å². The summed E-state index contributed by atoms with van der Waals surface area (Å²) in [5.41, 5.74) is 2.31. The molecule has 0 unspecified atom stereocenters. The Hall–Kier alpha value is -1.50. The summed E-state index contributed by atoms with van der Waals surface area (Å²) in [6.45, 7) is 0.00747. The van der Waals surface area contributed by atoms with Gasteiger partial charge in [-0.1, -0.05) is 0 Å². The summed E-state index contributed by atoms with van der Waals surface area (Å²) < 4.78 is 40.5. The van der Waals surface area contributed by atoms with Crippen LogP contribution in [0.5, 0.6) is 5.75 Å². The van der Waals surface area contributed by atoms with E-state index in [1.165, 1.54) is 12.3 Å². The second-order valence-corrected chi connectivity index (χ2v) is 3.09. The molecule has 0 fully saturated rings. The Balaban J connectivity index is 2.32. The van der Waals surface area contributed by atoms with Crippen molar-refractivity contribution >= 4 is 5.82 Å². The lowest BCUT2D eigenvalue weighted by Gasteiger charge is -2.08. The molecule has 0 saturated carbocycles. The largest absolute Gasteiger partial charge is 0.493 e. The average Bonchev–Trinajstić information content (AvgIpc) is 2.23. The van der Waals surface area contributed by atoms with Gasteiger partial charge in [-0.05, 0) is 12.5 Å². The highest BCUT2D eigenvalue weighted by Gasteiger charge is 2.26. The molecule has 16 heavy (non-hydrogen) atoms. The summed E-state index contributed by atoms with van der Waals surface area (Å²) in [7, 11) is 0. The van der Waals surface area contributed by atoms with Crippen LogP contribution in [0.15, 0.2) is 18.3 Å². The number of nitrogens with two attached hydrogens (primary N) is 1. The van der Waals surface area contributed by atoms with E-state index in [0.717, 1.165) is 0 Å². The summed E-state index contributed by atoms with van der Waals surface area (Å²) >= 11 is 0. The Bertz CT molecular complexity index is 330. The zero-order chi connectivity index (χ0) is 12.0. The first-order valence-corrected chi connectivity index (χ1v) is 4.63. The fraction of sp³-hybridized carbons (Fsp3) is 0.444. The van der Waals surface area contributed by atoms with E-state index in [4.69, 9.17) is 10.6 Å². The molecular weight excluding hydrogens is 223 g/mol. The standard InChI is InChI=1S/C9H12F3N3O/c10-9(11,12)3-1-5-16-7-2-4-14-8(6-7)15-13/h2,4,6H,1,3,5,13H2,(H,14,15). The van der Waals surface area contributed by atoms with Crippen LogP contribution >= 0.6 is 0 Å². The van der Waals surface area contributed by atoms with Crippen LogP contribution in [-0.4, -0.2) is 17.8 Å². The number of hydrazine groups is 1. The lowest BCUT2D eigenvalue weighted by molar-refractivity contribution is -0.136. The molecule has 0 aliphatic carbocycles. The number of rotatable bonds is 5. The highest BCUT2D eigenvalue weighted by atomic mass is 19.4. The first-order valence-electron chi connectivity index (χ1n) is 4.63. The molecule has 1 aromatic rings. The smallest absolute Gasteiger partial charge is 0.389 e. The maximum Gasteiger partial charge on any atom is 0.389 e. The Labute approximate surface area is 90.6 Å². The molecule has 0 aromatic carbocycles. The molecular formula is C9H12F3N3O. The summed E-state index contributed by atoms with van der Waals surface area (Å²) in [6, 6.07) is 3.06. The maximum absolute atomic E-state index is 11.8. The van der Waals surface area contributed by atoms with Crippen molar-refractivity contribution in [3.63, 3.8) is 0 Å². The van der Waals surface area contributed by atoms with Crippen molar-refractivity contribution in [2.24, 2.45) is 5.84 Å². The third-order valence-corrected chi connectivity index (χ3v) is 1.75. The highest BCUT2D eigenvalue weighted by Crippen LogP contribution is 2.21. The van der Waals surface area contributed by atoms with Gasteiger partial charge in [0.1, 0.15) is 11.6 Å². The van der Waals surface area contributed by atoms with Crippen LogP contribution in [-0.2, 0) is 0 Å². The van der Waals surface area contributed by atoms with Crippen LogP contribution in [0.3, 0.4) is 0 Å². The number of hydrogen-bond donors (Lipinski definition) is 2. The number of halogens is 3. The molecule has 1 aromatic heterocycles. The van der Waals surface area contributed by atoms with Gasteiger partial charge in [-0.25, -0.2) is 10.8 Å². The zero-order valence-electron chi connectivity index (χ0n) is 8.42. The predicted octanol–water partition coefficient (Wildman–Crippen LogP) is 2.09. The van der Waals surface area contributed by atoms with Crippen LogP contribution < -0.4 is 16.0 Å². The lowest BCUT2D eigenvalue weighted by atomic mass is 10.3. The van der Waals surface area contributed by atoms with E-state index in [1.807, 2.05) is 0 Å². The van der Waals surface area contributed by atoms with Gasteiger partial charge in [0.15, 0.2) is 0 Å². The Morgan fingerprint density at radius 3 is 2.81 bits per heavy atom. The molecule has 0 aliphatic rings. The molecule has 0 spiro atoms. The van der Waals surface area contributed by atoms with Crippen molar-refractivity contribution < 1.29 is 17.9 Å². The van der Waals surface area contributed by atoms with Gasteiger partial charge in [-0.3, -0.25) is 0 Å². The number of nitrogens with zero attached hydrogens (tertiary/aromatic N) is 1. The highest BCUT2D eigenvalue weighted by molar-refractivity contribution is 5.39. The van der Waals surface area contributed by atoms with E-state index in [9.17, 15) is 13.2 Å². The Kier molecular flexibility index (Phi) is 4.36. The second kappa shape index (κ2) is 5.55. The molecule has 4 nitrogen and oxygen atoms in total. The van der Waals surface area contributed by atoms with E-state index in [2.05, 4.69) is 10.4 Å². The first kappa shape index (κ1) is 12.6. The lowest BCUT2D eigenvalue weighted by Crippen LogP contribution is -2.10. The van der Waals surface area contributed by atoms with Gasteiger partial charge in [0.25, 0.3) is 0 Å². The summed E-state index contributed by atoms with van der Waals surface area (Å²) in [5.74, 6) is 5.95. The van der Waals surface area contributed by atoms with Crippen molar-refractivity contribution in [3.8, 4) is 5.75 Å². The fourth-order valence-electron chi connectivity index (χ4n) is 1.04. The van der Waals surface area contributed by atoms with Crippen LogP contribution in [0.1, 0.15) is 12.8 Å². The molecule has 0 radical (unpaired) electrons. The molecule has 1 heterocycles. The fourth-order valence-corrected chi connectivity index (χ4v) is 1.04. The molecule has 0 bridgehead atoms. The topological polar surface area (TPSA) is 60.2 Å². The minimum Gasteiger partial charge on any atom is -0.493 e. The zero-order valence-corrected chi connectivity index (χ0v) is 8.42. The molecule has 0 atom stereocenters. The van der Waals surface area contributed by atoms with Gasteiger partial charge in [0, 0.05) is 18.7 Å². The molecule has 3 N–H and O–H groups in total. The van der Waals surface area contributed by atoms with E-state index >= 15 is 0 Å². The molecule has 90 valence electrons. The third kappa shape index (κ3) is 4.83. The van der Waals surface area contributed by atoms with Gasteiger partial charge >= 0.3 is 6.18 Å². The third-order valence-electron chi connectivity index (χ3n) is 1.75. The molecule has 0 aliphatic heterocycles. The van der Waals surface area contributed by atoms with Crippen LogP contribution in [0.4, 0.5) is 19.0 Å². The quantitative estimate of drug-likeness (QED) is 0.466. The van der Waals surface area contributed by atoms with Crippen LogP contribution in [0.2, 0.25) is 0 Å². The number of anilines is 1. The average molecular weight is 235 g/mol. The van der Waals surface area contributed by atoms with Crippen molar-refractivity contribution in [1.29, 1.82) is 0 Å². The second-order valence-electron chi connectivity index (χ2n) is 3.09. The molecule has 0 saturated heterocycles. The SMILES string of the molecule is NNc1cc(OCCCC(F)(F)F)ccn1. The minimum absolute atomic E-state index is 0.00747. The Morgan fingerprint density at radius 2 is 2.19 bits per heavy atom. The number of hydrogen-bond acceptors (Lipinski definition) is 4. The van der Waals surface area contributed by atoms with Crippen molar-refractivity contribution in [2.75, 3.05) is 12.0 Å². The minimum atomic E-state index is -4.13. The number of alkyl halides is 3. The normalized spacial score (nSPS) is 11.2. The van der Waals surface area contributed by atoms with Crippen molar-refractivity contribution in [1.82, 2.24) is 4.98 Å². The first-order chi connectivity index (χ1) is 7.51. The summed E-state index contributed by atoms with van der Waals surface area (Å²) in [6.07, 6.45) is -3.60. The summed E-state index contributed by atoms with van der Waals surface area (Å²) in [4.78, 5) is 3.83. The van der Waals surface area contributed by atoms with E-state index in [1.54, 1.807) is 6.07 Å². The number of nitrogens with one attached hydrogen (secondary N) is 1. The molecule has 1 rings (SSSR count). The molecule has 7 heteroatoms. The van der Waals surface area contributed by atoms with Gasteiger partial charge < -0.3 is 10.2 Å².